The Morgan fingerprint density at radius 1 is 1.16 bits per heavy atom. The minimum Gasteiger partial charge on any atom is -0.463 e. The molecule has 0 aliphatic carbocycles. The van der Waals surface area contributed by atoms with Crippen LogP contribution >= 0.6 is 0 Å². The number of nitrogens with two attached hydrogens (primary N) is 1. The van der Waals surface area contributed by atoms with E-state index in [1.54, 1.807) is 0 Å². The van der Waals surface area contributed by atoms with E-state index in [4.69, 9.17) is 15.2 Å². The van der Waals surface area contributed by atoms with E-state index in [-0.39, 0.29) is 17.5 Å². The third-order valence-electron chi connectivity index (χ3n) is 3.23. The molecule has 0 aromatic rings. The zero-order valence-electron chi connectivity index (χ0n) is 13.2. The SMILES string of the molecule is CC(C)OCCOC(=O)CCC(CCN)C(C)(C)C. The highest BCUT2D eigenvalue weighted by atomic mass is 16.6. The van der Waals surface area contributed by atoms with Crippen LogP contribution in [0.5, 0.6) is 0 Å². The summed E-state index contributed by atoms with van der Waals surface area (Å²) in [6, 6.07) is 0. The summed E-state index contributed by atoms with van der Waals surface area (Å²) >= 11 is 0. The Morgan fingerprint density at radius 2 is 1.79 bits per heavy atom. The third kappa shape index (κ3) is 9.91. The number of ether oxygens (including phenoxy) is 2. The lowest BCUT2D eigenvalue weighted by Gasteiger charge is -2.30. The molecule has 114 valence electrons. The third-order valence-corrected chi connectivity index (χ3v) is 3.23. The van der Waals surface area contributed by atoms with Crippen LogP contribution in [-0.4, -0.2) is 31.8 Å². The quantitative estimate of drug-likeness (QED) is 0.518. The molecule has 0 fully saturated rings. The van der Waals surface area contributed by atoms with Gasteiger partial charge in [-0.1, -0.05) is 20.8 Å². The van der Waals surface area contributed by atoms with Gasteiger partial charge in [-0.3, -0.25) is 4.79 Å². The molecule has 2 N–H and O–H groups in total. The molecule has 0 aliphatic rings. The molecule has 0 rings (SSSR count). The van der Waals surface area contributed by atoms with Crippen molar-refractivity contribution in [2.45, 2.75) is 60.0 Å². The van der Waals surface area contributed by atoms with Crippen molar-refractivity contribution in [1.82, 2.24) is 0 Å². The predicted molar refractivity (Wildman–Crippen MR) is 77.9 cm³/mol. The molecule has 4 nitrogen and oxygen atoms in total. The van der Waals surface area contributed by atoms with Crippen molar-refractivity contribution in [3.8, 4) is 0 Å². The molecule has 0 heterocycles. The maximum atomic E-state index is 11.6. The van der Waals surface area contributed by atoms with Crippen molar-refractivity contribution in [1.29, 1.82) is 0 Å². The van der Waals surface area contributed by atoms with Gasteiger partial charge in [-0.05, 0) is 44.6 Å². The molecule has 1 unspecified atom stereocenters. The van der Waals surface area contributed by atoms with Crippen LogP contribution in [0.25, 0.3) is 0 Å². The summed E-state index contributed by atoms with van der Waals surface area (Å²) in [6.07, 6.45) is 2.43. The molecule has 19 heavy (non-hydrogen) atoms. The maximum absolute atomic E-state index is 11.6. The second-order valence-electron chi connectivity index (χ2n) is 6.32. The molecule has 0 saturated heterocycles. The lowest BCUT2D eigenvalue weighted by Crippen LogP contribution is -2.24. The van der Waals surface area contributed by atoms with Crippen LogP contribution in [0.15, 0.2) is 0 Å². The highest BCUT2D eigenvalue weighted by molar-refractivity contribution is 5.69. The van der Waals surface area contributed by atoms with Crippen LogP contribution in [0.2, 0.25) is 0 Å². The Morgan fingerprint density at radius 3 is 2.26 bits per heavy atom. The number of carbonyl (C=O) groups is 1. The monoisotopic (exact) mass is 273 g/mol. The average Bonchev–Trinajstić information content (AvgIpc) is 2.28. The molecule has 0 radical (unpaired) electrons. The molecule has 0 aliphatic heterocycles. The lowest BCUT2D eigenvalue weighted by molar-refractivity contribution is -0.146. The number of carbonyl (C=O) groups excluding carboxylic acids is 1. The van der Waals surface area contributed by atoms with E-state index >= 15 is 0 Å². The van der Waals surface area contributed by atoms with Gasteiger partial charge in [0.1, 0.15) is 6.61 Å². The van der Waals surface area contributed by atoms with Crippen LogP contribution in [-0.2, 0) is 14.3 Å². The maximum Gasteiger partial charge on any atom is 0.305 e. The number of hydrogen-bond acceptors (Lipinski definition) is 4. The first kappa shape index (κ1) is 18.4. The number of hydrogen-bond donors (Lipinski definition) is 1. The van der Waals surface area contributed by atoms with Crippen molar-refractivity contribution < 1.29 is 14.3 Å². The summed E-state index contributed by atoms with van der Waals surface area (Å²) in [5, 5.41) is 0. The minimum absolute atomic E-state index is 0.140. The fraction of sp³-hybridized carbons (Fsp3) is 0.933. The van der Waals surface area contributed by atoms with Crippen molar-refractivity contribution >= 4 is 5.97 Å². The van der Waals surface area contributed by atoms with Gasteiger partial charge in [0.2, 0.25) is 0 Å². The number of esters is 1. The van der Waals surface area contributed by atoms with Crippen molar-refractivity contribution in [2.75, 3.05) is 19.8 Å². The molecule has 0 spiro atoms. The van der Waals surface area contributed by atoms with Gasteiger partial charge in [0.25, 0.3) is 0 Å². The van der Waals surface area contributed by atoms with Gasteiger partial charge < -0.3 is 15.2 Å². The molecule has 0 amide bonds. The Balaban J connectivity index is 3.86. The highest BCUT2D eigenvalue weighted by Crippen LogP contribution is 2.32. The normalized spacial score (nSPS) is 13.6. The van der Waals surface area contributed by atoms with Crippen LogP contribution in [0.4, 0.5) is 0 Å². The van der Waals surface area contributed by atoms with Crippen molar-refractivity contribution in [2.24, 2.45) is 17.1 Å². The molecular weight excluding hydrogens is 242 g/mol. The van der Waals surface area contributed by atoms with E-state index in [9.17, 15) is 4.79 Å². The summed E-state index contributed by atoms with van der Waals surface area (Å²) in [6.45, 7) is 12.0. The first-order chi connectivity index (χ1) is 8.77. The molecule has 0 bridgehead atoms. The van der Waals surface area contributed by atoms with E-state index < -0.39 is 0 Å². The lowest BCUT2D eigenvalue weighted by atomic mass is 9.76. The molecule has 0 aromatic heterocycles. The molecule has 4 heteroatoms. The van der Waals surface area contributed by atoms with Gasteiger partial charge in [0.05, 0.1) is 12.7 Å². The summed E-state index contributed by atoms with van der Waals surface area (Å²) in [4.78, 5) is 11.6. The predicted octanol–water partition coefficient (Wildman–Crippen LogP) is 2.75. The van der Waals surface area contributed by atoms with Gasteiger partial charge in [-0.25, -0.2) is 0 Å². The average molecular weight is 273 g/mol. The Labute approximate surface area is 118 Å². The van der Waals surface area contributed by atoms with Crippen LogP contribution in [0, 0.1) is 11.3 Å². The van der Waals surface area contributed by atoms with E-state index in [1.165, 1.54) is 0 Å². The first-order valence-electron chi connectivity index (χ1n) is 7.24. The Kier molecular flexibility index (Phi) is 9.02. The van der Waals surface area contributed by atoms with Gasteiger partial charge in [0.15, 0.2) is 0 Å². The van der Waals surface area contributed by atoms with E-state index in [1.807, 2.05) is 13.8 Å². The minimum atomic E-state index is -0.140. The largest absolute Gasteiger partial charge is 0.463 e. The molecular formula is C15H31NO3. The summed E-state index contributed by atoms with van der Waals surface area (Å²) in [7, 11) is 0. The smallest absolute Gasteiger partial charge is 0.305 e. The van der Waals surface area contributed by atoms with Crippen molar-refractivity contribution in [3.05, 3.63) is 0 Å². The first-order valence-corrected chi connectivity index (χ1v) is 7.24. The van der Waals surface area contributed by atoms with E-state index in [0.29, 0.717) is 32.1 Å². The molecule has 0 aromatic carbocycles. The van der Waals surface area contributed by atoms with Gasteiger partial charge >= 0.3 is 5.97 Å². The zero-order chi connectivity index (χ0) is 14.9. The summed E-state index contributed by atoms with van der Waals surface area (Å²) in [5.41, 5.74) is 5.81. The van der Waals surface area contributed by atoms with E-state index in [2.05, 4.69) is 20.8 Å². The Bertz CT molecular complexity index is 246. The van der Waals surface area contributed by atoms with Crippen LogP contribution in [0.1, 0.15) is 53.9 Å². The zero-order valence-corrected chi connectivity index (χ0v) is 13.2. The topological polar surface area (TPSA) is 61.5 Å². The second-order valence-corrected chi connectivity index (χ2v) is 6.32. The highest BCUT2D eigenvalue weighted by Gasteiger charge is 2.24. The van der Waals surface area contributed by atoms with E-state index in [0.717, 1.165) is 12.8 Å². The van der Waals surface area contributed by atoms with Crippen molar-refractivity contribution in [3.63, 3.8) is 0 Å². The summed E-state index contributed by atoms with van der Waals surface area (Å²) < 4.78 is 10.5. The Hall–Kier alpha value is -0.610. The number of rotatable bonds is 9. The fourth-order valence-corrected chi connectivity index (χ4v) is 2.02. The second kappa shape index (κ2) is 9.32. The van der Waals surface area contributed by atoms with Gasteiger partial charge in [-0.2, -0.15) is 0 Å². The van der Waals surface area contributed by atoms with Gasteiger partial charge in [-0.15, -0.1) is 0 Å². The van der Waals surface area contributed by atoms with Crippen LogP contribution < -0.4 is 5.73 Å². The standard InChI is InChI=1S/C15H31NO3/c1-12(2)18-10-11-19-14(17)7-6-13(8-9-16)15(3,4)5/h12-13H,6-11,16H2,1-5H3. The molecule has 1 atom stereocenters. The van der Waals surface area contributed by atoms with Crippen LogP contribution in [0.3, 0.4) is 0 Å². The fourth-order valence-electron chi connectivity index (χ4n) is 2.02. The molecule has 0 saturated carbocycles. The van der Waals surface area contributed by atoms with Gasteiger partial charge in [0, 0.05) is 6.42 Å². The summed E-state index contributed by atoms with van der Waals surface area (Å²) in [5.74, 6) is 0.315.